The van der Waals surface area contributed by atoms with Crippen molar-refractivity contribution in [3.63, 3.8) is 0 Å². The minimum atomic E-state index is 0.369. The lowest BCUT2D eigenvalue weighted by atomic mass is 9.91. The second-order valence-corrected chi connectivity index (χ2v) is 17.1. The van der Waals surface area contributed by atoms with Gasteiger partial charge in [-0.05, 0) is 100 Å². The number of rotatable bonds is 5. The van der Waals surface area contributed by atoms with Crippen LogP contribution in [0.3, 0.4) is 0 Å². The average Bonchev–Trinajstić information content (AvgIpc) is 3.93. The molecule has 0 saturated heterocycles. The Morgan fingerprint density at radius 1 is 0.518 bits per heavy atom. The molecular formula is C52H34N2S2. The zero-order chi connectivity index (χ0) is 36.7. The highest BCUT2D eigenvalue weighted by molar-refractivity contribution is 8.00. The molecule has 1 aliphatic heterocycles. The van der Waals surface area contributed by atoms with Crippen LogP contribution in [0.15, 0.2) is 205 Å². The van der Waals surface area contributed by atoms with E-state index in [9.17, 15) is 0 Å². The number of anilines is 2. The Bertz CT molecular complexity index is 3240. The molecule has 3 heterocycles. The van der Waals surface area contributed by atoms with E-state index in [4.69, 9.17) is 0 Å². The standard InChI is InChI=1S/C52H34N2S2/c1-2-10-40-35(9-1)21-30-47-52(40)45-13-3-6-14-46(45)54(47)37-24-19-34(20-25-37)33-17-22-36(23-18-33)53(38-26-28-43-41-11-4-7-15-48(41)55-50(43)31-38)39-27-29-44-42-12-5-8-16-49(42)56-51(44)32-39/h1-32,43,50H. The monoisotopic (exact) mass is 750 g/mol. The van der Waals surface area contributed by atoms with Crippen LogP contribution in [0.5, 0.6) is 0 Å². The Morgan fingerprint density at radius 3 is 2.09 bits per heavy atom. The van der Waals surface area contributed by atoms with Crippen LogP contribution in [0.1, 0.15) is 11.5 Å². The lowest BCUT2D eigenvalue weighted by molar-refractivity contribution is 0.866. The molecule has 264 valence electrons. The summed E-state index contributed by atoms with van der Waals surface area (Å²) < 4.78 is 5.04. The molecule has 2 unspecified atom stereocenters. The minimum Gasteiger partial charge on any atom is -0.311 e. The molecule has 0 radical (unpaired) electrons. The van der Waals surface area contributed by atoms with Gasteiger partial charge in [-0.1, -0.05) is 121 Å². The van der Waals surface area contributed by atoms with Crippen molar-refractivity contribution in [3.05, 3.63) is 205 Å². The predicted octanol–water partition coefficient (Wildman–Crippen LogP) is 14.8. The van der Waals surface area contributed by atoms with Gasteiger partial charge in [0, 0.05) is 69.8 Å². The molecule has 0 saturated carbocycles. The summed E-state index contributed by atoms with van der Waals surface area (Å²) in [7, 11) is 0. The average molecular weight is 751 g/mol. The highest BCUT2D eigenvalue weighted by atomic mass is 32.2. The van der Waals surface area contributed by atoms with Gasteiger partial charge in [-0.25, -0.2) is 0 Å². The van der Waals surface area contributed by atoms with E-state index >= 15 is 0 Å². The van der Waals surface area contributed by atoms with Gasteiger partial charge in [0.1, 0.15) is 0 Å². The van der Waals surface area contributed by atoms with Crippen molar-refractivity contribution < 1.29 is 0 Å². The molecule has 2 aromatic heterocycles. The van der Waals surface area contributed by atoms with E-state index in [-0.39, 0.29) is 0 Å². The van der Waals surface area contributed by atoms with Crippen LogP contribution >= 0.6 is 23.1 Å². The van der Waals surface area contributed by atoms with Crippen LogP contribution in [0.25, 0.3) is 69.6 Å². The summed E-state index contributed by atoms with van der Waals surface area (Å²) in [6.45, 7) is 0. The molecule has 0 amide bonds. The van der Waals surface area contributed by atoms with E-state index in [1.807, 2.05) is 23.1 Å². The molecule has 0 spiro atoms. The summed E-state index contributed by atoms with van der Waals surface area (Å²) in [6.07, 6.45) is 7.23. The van der Waals surface area contributed by atoms with Gasteiger partial charge >= 0.3 is 0 Å². The number of para-hydroxylation sites is 1. The fourth-order valence-corrected chi connectivity index (χ4v) is 11.6. The second kappa shape index (κ2) is 12.6. The second-order valence-electron chi connectivity index (χ2n) is 14.8. The molecule has 56 heavy (non-hydrogen) atoms. The number of hydrogen-bond acceptors (Lipinski definition) is 3. The number of thioether (sulfide) groups is 1. The van der Waals surface area contributed by atoms with E-state index in [2.05, 4.69) is 204 Å². The van der Waals surface area contributed by atoms with Gasteiger partial charge in [-0.2, -0.15) is 0 Å². The largest absolute Gasteiger partial charge is 0.311 e. The molecular weight excluding hydrogens is 717 g/mol. The first-order chi connectivity index (χ1) is 27.7. The molecule has 0 fully saturated rings. The van der Waals surface area contributed by atoms with Crippen molar-refractivity contribution in [1.29, 1.82) is 0 Å². The zero-order valence-electron chi connectivity index (χ0n) is 30.3. The Kier molecular flexibility index (Phi) is 7.20. The van der Waals surface area contributed by atoms with Crippen molar-refractivity contribution in [2.24, 2.45) is 0 Å². The number of benzene rings is 8. The molecule has 10 aromatic rings. The number of thiophene rings is 1. The molecule has 2 aliphatic rings. The van der Waals surface area contributed by atoms with Crippen molar-refractivity contribution in [2.75, 3.05) is 4.90 Å². The fraction of sp³-hybridized carbons (Fsp3) is 0.0385. The lowest BCUT2D eigenvalue weighted by Gasteiger charge is -2.30. The number of nitrogens with zero attached hydrogens (tertiary/aromatic N) is 2. The van der Waals surface area contributed by atoms with E-state index in [0.717, 1.165) is 11.4 Å². The molecule has 8 aromatic carbocycles. The number of hydrogen-bond donors (Lipinski definition) is 0. The van der Waals surface area contributed by atoms with Gasteiger partial charge < -0.3 is 9.47 Å². The fourth-order valence-electron chi connectivity index (χ4n) is 9.11. The van der Waals surface area contributed by atoms with Crippen molar-refractivity contribution >= 4 is 87.2 Å². The summed E-state index contributed by atoms with van der Waals surface area (Å²) in [5.41, 5.74) is 11.0. The van der Waals surface area contributed by atoms with Gasteiger partial charge in [-0.15, -0.1) is 23.1 Å². The summed E-state index contributed by atoms with van der Waals surface area (Å²) in [4.78, 5) is 3.84. The van der Waals surface area contributed by atoms with E-state index in [1.54, 1.807) is 0 Å². The van der Waals surface area contributed by atoms with Gasteiger partial charge in [0.25, 0.3) is 0 Å². The molecule has 0 N–H and O–H groups in total. The Hall–Kier alpha value is -6.33. The first kappa shape index (κ1) is 32.0. The Labute approximate surface area is 333 Å². The number of fused-ring (bicyclic) bond motifs is 11. The summed E-state index contributed by atoms with van der Waals surface area (Å²) in [6, 6.07) is 64.8. The third-order valence-corrected chi connectivity index (χ3v) is 14.2. The minimum absolute atomic E-state index is 0.369. The molecule has 2 atom stereocenters. The van der Waals surface area contributed by atoms with E-state index in [1.165, 1.54) is 85.7 Å². The first-order valence-corrected chi connectivity index (χ1v) is 20.9. The Balaban J connectivity index is 0.921. The number of aromatic nitrogens is 1. The zero-order valence-corrected chi connectivity index (χ0v) is 32.0. The van der Waals surface area contributed by atoms with Gasteiger partial charge in [0.2, 0.25) is 0 Å². The van der Waals surface area contributed by atoms with Crippen LogP contribution in [-0.2, 0) is 0 Å². The van der Waals surface area contributed by atoms with Crippen LogP contribution in [0.2, 0.25) is 0 Å². The van der Waals surface area contributed by atoms with Crippen molar-refractivity contribution in [1.82, 2.24) is 4.57 Å². The van der Waals surface area contributed by atoms with E-state index in [0.29, 0.717) is 11.2 Å². The molecule has 1 aliphatic carbocycles. The third-order valence-electron chi connectivity index (χ3n) is 11.7. The van der Waals surface area contributed by atoms with Gasteiger partial charge in [-0.3, -0.25) is 0 Å². The quantitative estimate of drug-likeness (QED) is 0.173. The predicted molar refractivity (Wildman–Crippen MR) is 241 cm³/mol. The van der Waals surface area contributed by atoms with Crippen LogP contribution in [0.4, 0.5) is 11.4 Å². The smallest absolute Gasteiger partial charge is 0.0547 e. The van der Waals surface area contributed by atoms with Gasteiger partial charge in [0.05, 0.1) is 11.0 Å². The Morgan fingerprint density at radius 2 is 1.21 bits per heavy atom. The van der Waals surface area contributed by atoms with Gasteiger partial charge in [0.15, 0.2) is 0 Å². The van der Waals surface area contributed by atoms with E-state index < -0.39 is 0 Å². The lowest BCUT2D eigenvalue weighted by Crippen LogP contribution is -2.20. The van der Waals surface area contributed by atoms with Crippen molar-refractivity contribution in [3.8, 4) is 16.8 Å². The van der Waals surface area contributed by atoms with Crippen LogP contribution in [0, 0.1) is 0 Å². The highest BCUT2D eigenvalue weighted by Gasteiger charge is 2.33. The highest BCUT2D eigenvalue weighted by Crippen LogP contribution is 2.50. The van der Waals surface area contributed by atoms with Crippen LogP contribution < -0.4 is 4.90 Å². The van der Waals surface area contributed by atoms with Crippen molar-refractivity contribution in [2.45, 2.75) is 16.1 Å². The topological polar surface area (TPSA) is 8.17 Å². The molecule has 4 heteroatoms. The maximum Gasteiger partial charge on any atom is 0.0547 e. The third kappa shape index (κ3) is 4.96. The normalized spacial score (nSPS) is 16.2. The molecule has 12 rings (SSSR count). The summed E-state index contributed by atoms with van der Waals surface area (Å²) in [5, 5.41) is 8.16. The summed E-state index contributed by atoms with van der Waals surface area (Å²) in [5.74, 6) is 0.402. The molecule has 0 bridgehead atoms. The van der Waals surface area contributed by atoms with Crippen LogP contribution in [-0.4, -0.2) is 9.82 Å². The SMILES string of the molecule is C1=CC2c3ccccc3SC2C=C1N(c1ccc(-c2ccc(-n3c4ccccc4c4c5ccccc5ccc43)cc2)cc1)c1ccc2c(c1)sc1ccccc12. The maximum atomic E-state index is 2.48. The first-order valence-electron chi connectivity index (χ1n) is 19.2. The summed E-state index contributed by atoms with van der Waals surface area (Å²) >= 11 is 3.86. The number of allylic oxidation sites excluding steroid dienone is 2. The molecule has 2 nitrogen and oxygen atoms in total. The maximum absolute atomic E-state index is 2.48.